The van der Waals surface area contributed by atoms with Crippen LogP contribution in [0.15, 0.2) is 35.7 Å². The number of amides is 2. The number of benzene rings is 1. The van der Waals surface area contributed by atoms with Crippen molar-refractivity contribution in [1.29, 1.82) is 0 Å². The Morgan fingerprint density at radius 3 is 2.71 bits per heavy atom. The van der Waals surface area contributed by atoms with Gasteiger partial charge in [-0.1, -0.05) is 30.3 Å². The summed E-state index contributed by atoms with van der Waals surface area (Å²) in [6.45, 7) is 5.24. The molecular weight excluding hydrogens is 410 g/mol. The fraction of sp³-hybridized carbons (Fsp3) is 0.522. The third-order valence-electron chi connectivity index (χ3n) is 5.96. The third-order valence-corrected chi connectivity index (χ3v) is 6.74. The van der Waals surface area contributed by atoms with Crippen LogP contribution in [0.1, 0.15) is 48.2 Å². The van der Waals surface area contributed by atoms with Gasteiger partial charge in [0.2, 0.25) is 5.91 Å². The van der Waals surface area contributed by atoms with E-state index in [0.29, 0.717) is 31.2 Å². The number of piperidine rings is 1. The maximum Gasteiger partial charge on any atom is 0.270 e. The highest BCUT2D eigenvalue weighted by Gasteiger charge is 2.21. The lowest BCUT2D eigenvalue weighted by Gasteiger charge is -2.32. The summed E-state index contributed by atoms with van der Waals surface area (Å²) in [7, 11) is 0. The van der Waals surface area contributed by atoms with Gasteiger partial charge in [0.25, 0.3) is 5.91 Å². The van der Waals surface area contributed by atoms with E-state index in [0.717, 1.165) is 57.0 Å². The average molecular weight is 442 g/mol. The van der Waals surface area contributed by atoms with Gasteiger partial charge in [0.05, 0.1) is 0 Å². The number of rotatable bonds is 9. The minimum atomic E-state index is -0.144. The Balaban J connectivity index is 1.15. The van der Waals surface area contributed by atoms with Crippen molar-refractivity contribution in [3.05, 3.63) is 47.0 Å². The molecule has 0 atom stereocenters. The van der Waals surface area contributed by atoms with E-state index in [1.807, 2.05) is 10.3 Å². The van der Waals surface area contributed by atoms with Gasteiger partial charge in [0.15, 0.2) is 5.13 Å². The lowest BCUT2D eigenvalue weighted by atomic mass is 10.0. The minimum Gasteiger partial charge on any atom is -0.359 e. The van der Waals surface area contributed by atoms with Crippen molar-refractivity contribution in [1.82, 2.24) is 20.1 Å². The molecule has 4 rings (SSSR count). The van der Waals surface area contributed by atoms with Crippen LogP contribution in [0.4, 0.5) is 5.13 Å². The van der Waals surface area contributed by atoms with E-state index in [-0.39, 0.29) is 11.8 Å². The third kappa shape index (κ3) is 6.27. The van der Waals surface area contributed by atoms with Crippen LogP contribution < -0.4 is 10.6 Å². The second kappa shape index (κ2) is 10.7. The summed E-state index contributed by atoms with van der Waals surface area (Å²) < 4.78 is 0. The largest absolute Gasteiger partial charge is 0.359 e. The number of hydrogen-bond acceptors (Lipinski definition) is 6. The normalized spacial score (nSPS) is 17.8. The summed E-state index contributed by atoms with van der Waals surface area (Å²) >= 11 is 1.49. The molecule has 2 aliphatic rings. The standard InChI is InChI=1S/C23H31N5O2S/c29-21-8-4-12-28(21)13-5-11-24-22(30)20-17-31-23(26-20)25-19-9-14-27(15-10-19)16-18-6-2-1-3-7-18/h1-3,6-7,17,19H,4-5,8-16H2,(H,24,30)(H,25,26). The van der Waals surface area contributed by atoms with Crippen molar-refractivity contribution >= 4 is 28.3 Å². The first kappa shape index (κ1) is 21.8. The van der Waals surface area contributed by atoms with Crippen molar-refractivity contribution in [3.63, 3.8) is 0 Å². The molecular formula is C23H31N5O2S. The molecule has 0 unspecified atom stereocenters. The van der Waals surface area contributed by atoms with Gasteiger partial charge in [-0.3, -0.25) is 14.5 Å². The summed E-state index contributed by atoms with van der Waals surface area (Å²) in [5.41, 5.74) is 1.82. The SMILES string of the molecule is O=C(NCCCN1CCCC1=O)c1csc(NC2CCN(Cc3ccccc3)CC2)n1. The smallest absolute Gasteiger partial charge is 0.270 e. The van der Waals surface area contributed by atoms with Crippen LogP contribution in [0, 0.1) is 0 Å². The van der Waals surface area contributed by atoms with Gasteiger partial charge in [-0.05, 0) is 31.2 Å². The van der Waals surface area contributed by atoms with Crippen LogP contribution in [0.3, 0.4) is 0 Å². The topological polar surface area (TPSA) is 77.6 Å². The summed E-state index contributed by atoms with van der Waals surface area (Å²) in [4.78, 5) is 32.8. The number of hydrogen-bond donors (Lipinski definition) is 2. The van der Waals surface area contributed by atoms with E-state index in [1.54, 1.807) is 0 Å². The number of carbonyl (C=O) groups is 2. The van der Waals surface area contributed by atoms with Gasteiger partial charge >= 0.3 is 0 Å². The molecule has 2 N–H and O–H groups in total. The first-order valence-corrected chi connectivity index (χ1v) is 12.1. The van der Waals surface area contributed by atoms with Crippen LogP contribution in [0.5, 0.6) is 0 Å². The molecule has 0 saturated carbocycles. The summed E-state index contributed by atoms with van der Waals surface area (Å²) in [6, 6.07) is 11.0. The Bertz CT molecular complexity index is 864. The van der Waals surface area contributed by atoms with Gasteiger partial charge in [0.1, 0.15) is 5.69 Å². The Morgan fingerprint density at radius 2 is 1.97 bits per heavy atom. The number of nitrogens with zero attached hydrogens (tertiary/aromatic N) is 3. The molecule has 2 aliphatic heterocycles. The van der Waals surface area contributed by atoms with Crippen LogP contribution in [-0.4, -0.2) is 65.4 Å². The van der Waals surface area contributed by atoms with E-state index < -0.39 is 0 Å². The Labute approximate surface area is 187 Å². The Hall–Kier alpha value is -2.45. The van der Waals surface area contributed by atoms with Crippen molar-refractivity contribution in [3.8, 4) is 0 Å². The van der Waals surface area contributed by atoms with E-state index in [4.69, 9.17) is 0 Å². The second-order valence-electron chi connectivity index (χ2n) is 8.31. The van der Waals surface area contributed by atoms with Crippen molar-refractivity contribution in [2.24, 2.45) is 0 Å². The molecule has 1 aromatic heterocycles. The first-order valence-electron chi connectivity index (χ1n) is 11.2. The maximum absolute atomic E-state index is 12.3. The lowest BCUT2D eigenvalue weighted by Crippen LogP contribution is -2.38. The maximum atomic E-state index is 12.3. The van der Waals surface area contributed by atoms with Crippen molar-refractivity contribution < 1.29 is 9.59 Å². The average Bonchev–Trinajstić information content (AvgIpc) is 3.42. The van der Waals surface area contributed by atoms with Crippen molar-refractivity contribution in [2.45, 2.75) is 44.7 Å². The number of thiazole rings is 1. The molecule has 7 nitrogen and oxygen atoms in total. The minimum absolute atomic E-state index is 0.144. The Kier molecular flexibility index (Phi) is 7.53. The molecule has 8 heteroatoms. The number of nitrogens with one attached hydrogen (secondary N) is 2. The monoisotopic (exact) mass is 441 g/mol. The van der Waals surface area contributed by atoms with Crippen LogP contribution >= 0.6 is 11.3 Å². The predicted molar refractivity (Wildman–Crippen MR) is 123 cm³/mol. The highest BCUT2D eigenvalue weighted by atomic mass is 32.1. The van der Waals surface area contributed by atoms with Gasteiger partial charge in [-0.2, -0.15) is 0 Å². The highest BCUT2D eigenvalue weighted by Crippen LogP contribution is 2.21. The molecule has 3 heterocycles. The molecule has 166 valence electrons. The van der Waals surface area contributed by atoms with E-state index in [9.17, 15) is 9.59 Å². The molecule has 2 aromatic rings. The number of anilines is 1. The zero-order valence-corrected chi connectivity index (χ0v) is 18.7. The van der Waals surface area contributed by atoms with Crippen molar-refractivity contribution in [2.75, 3.05) is 38.0 Å². The van der Waals surface area contributed by atoms with Crippen LogP contribution in [0.25, 0.3) is 0 Å². The van der Waals surface area contributed by atoms with Gasteiger partial charge in [-0.25, -0.2) is 4.98 Å². The molecule has 0 spiro atoms. The second-order valence-corrected chi connectivity index (χ2v) is 9.17. The molecule has 2 amide bonds. The predicted octanol–water partition coefficient (Wildman–Crippen LogP) is 2.96. The number of aromatic nitrogens is 1. The van der Waals surface area contributed by atoms with E-state index >= 15 is 0 Å². The molecule has 31 heavy (non-hydrogen) atoms. The molecule has 2 fully saturated rings. The van der Waals surface area contributed by atoms with Gasteiger partial charge in [0, 0.05) is 57.1 Å². The molecule has 0 aliphatic carbocycles. The van der Waals surface area contributed by atoms with Crippen LogP contribution in [0.2, 0.25) is 0 Å². The summed E-state index contributed by atoms with van der Waals surface area (Å²) in [5, 5.41) is 9.05. The zero-order valence-electron chi connectivity index (χ0n) is 17.9. The molecule has 0 radical (unpaired) electrons. The van der Waals surface area contributed by atoms with Gasteiger partial charge < -0.3 is 15.5 Å². The lowest BCUT2D eigenvalue weighted by molar-refractivity contribution is -0.127. The zero-order chi connectivity index (χ0) is 21.5. The van der Waals surface area contributed by atoms with E-state index in [2.05, 4.69) is 50.8 Å². The summed E-state index contributed by atoms with van der Waals surface area (Å²) in [6.07, 6.45) is 4.53. The van der Waals surface area contributed by atoms with Crippen LogP contribution in [-0.2, 0) is 11.3 Å². The fourth-order valence-electron chi connectivity index (χ4n) is 4.20. The molecule has 2 saturated heterocycles. The Morgan fingerprint density at radius 1 is 1.16 bits per heavy atom. The fourth-order valence-corrected chi connectivity index (χ4v) is 4.97. The number of carbonyl (C=O) groups excluding carboxylic acids is 2. The molecule has 0 bridgehead atoms. The number of likely N-dealkylation sites (tertiary alicyclic amines) is 2. The van der Waals surface area contributed by atoms with Gasteiger partial charge in [-0.15, -0.1) is 11.3 Å². The highest BCUT2D eigenvalue weighted by molar-refractivity contribution is 7.13. The summed E-state index contributed by atoms with van der Waals surface area (Å²) in [5.74, 6) is 0.0853. The van der Waals surface area contributed by atoms with E-state index in [1.165, 1.54) is 16.9 Å². The quantitative estimate of drug-likeness (QED) is 0.585. The molecule has 1 aromatic carbocycles. The first-order chi connectivity index (χ1) is 15.2.